The smallest absolute Gasteiger partial charge is 0.313 e. The summed E-state index contributed by atoms with van der Waals surface area (Å²) in [5, 5.41) is 4.84. The van der Waals surface area contributed by atoms with Gasteiger partial charge in [0.05, 0.1) is 5.69 Å². The lowest BCUT2D eigenvalue weighted by Crippen LogP contribution is -2.24. The molecule has 0 spiro atoms. The largest absolute Gasteiger partial charge is 0.352 e. The number of pyridine rings is 1. The first kappa shape index (κ1) is 21.7. The van der Waals surface area contributed by atoms with Crippen LogP contribution in [0.5, 0.6) is 0 Å². The third-order valence-electron chi connectivity index (χ3n) is 5.23. The lowest BCUT2D eigenvalue weighted by Gasteiger charge is -2.11. The van der Waals surface area contributed by atoms with Gasteiger partial charge in [0.25, 0.3) is 5.91 Å². The molecule has 0 aliphatic rings. The normalized spacial score (nSPS) is 10.8. The first-order chi connectivity index (χ1) is 15.6. The summed E-state index contributed by atoms with van der Waals surface area (Å²) < 4.78 is 1.59. The fraction of sp³-hybridized carbons (Fsp3) is 0.192. The van der Waals surface area contributed by atoms with Crippen LogP contribution in [0.1, 0.15) is 34.3 Å². The summed E-state index contributed by atoms with van der Waals surface area (Å²) in [4.78, 5) is 29.5. The minimum absolute atomic E-state index is 0.100. The van der Waals surface area contributed by atoms with Crippen LogP contribution in [0, 0.1) is 6.92 Å². The van der Waals surface area contributed by atoms with Crippen molar-refractivity contribution in [2.24, 2.45) is 0 Å². The summed E-state index contributed by atoms with van der Waals surface area (Å²) in [5.74, 6) is 0.469. The summed E-state index contributed by atoms with van der Waals surface area (Å²) in [6.07, 6.45) is 4.61. The number of hydrogen-bond acceptors (Lipinski definition) is 4. The molecule has 1 amide bonds. The molecule has 0 unspecified atom stereocenters. The highest BCUT2D eigenvalue weighted by atomic mass is 32.1. The highest BCUT2D eigenvalue weighted by Gasteiger charge is 2.15. The minimum Gasteiger partial charge on any atom is -0.352 e. The van der Waals surface area contributed by atoms with Crippen molar-refractivity contribution < 1.29 is 4.79 Å². The SMILES string of the molecule is Cc1cc(C(=O)NCCCCc2ccccc2)cc(-c2csc(=O)n2-c2ccccn2)c1. The molecule has 4 rings (SSSR count). The number of nitrogens with one attached hydrogen (secondary N) is 1. The molecule has 0 fully saturated rings. The number of nitrogens with zero attached hydrogens (tertiary/aromatic N) is 2. The Morgan fingerprint density at radius 3 is 2.62 bits per heavy atom. The van der Waals surface area contributed by atoms with E-state index < -0.39 is 0 Å². The number of carbonyl (C=O) groups is 1. The molecule has 5 nitrogen and oxygen atoms in total. The molecule has 162 valence electrons. The Hall–Kier alpha value is -3.51. The predicted molar refractivity (Wildman–Crippen MR) is 130 cm³/mol. The number of rotatable bonds is 8. The number of unbranched alkanes of at least 4 members (excludes halogenated alkanes) is 1. The highest BCUT2D eigenvalue weighted by Crippen LogP contribution is 2.25. The average Bonchev–Trinajstić information content (AvgIpc) is 3.21. The lowest BCUT2D eigenvalue weighted by atomic mass is 10.0. The molecular weight excluding hydrogens is 418 g/mol. The topological polar surface area (TPSA) is 64.0 Å². The van der Waals surface area contributed by atoms with E-state index in [-0.39, 0.29) is 10.8 Å². The van der Waals surface area contributed by atoms with E-state index in [1.54, 1.807) is 16.8 Å². The second-order valence-corrected chi connectivity index (χ2v) is 8.52. The molecule has 2 aromatic carbocycles. The van der Waals surface area contributed by atoms with Gasteiger partial charge < -0.3 is 5.32 Å². The van der Waals surface area contributed by atoms with E-state index in [2.05, 4.69) is 22.4 Å². The molecule has 6 heteroatoms. The number of hydrogen-bond donors (Lipinski definition) is 1. The number of benzene rings is 2. The summed E-state index contributed by atoms with van der Waals surface area (Å²) in [7, 11) is 0. The molecule has 32 heavy (non-hydrogen) atoms. The Kier molecular flexibility index (Phi) is 6.92. The molecule has 0 aliphatic heterocycles. The maximum Gasteiger partial charge on any atom is 0.313 e. The van der Waals surface area contributed by atoms with Crippen molar-refractivity contribution in [2.75, 3.05) is 6.54 Å². The molecule has 0 bridgehead atoms. The quantitative estimate of drug-likeness (QED) is 0.389. The average molecular weight is 444 g/mol. The molecule has 2 heterocycles. The van der Waals surface area contributed by atoms with Crippen LogP contribution in [0.3, 0.4) is 0 Å². The number of carbonyl (C=O) groups excluding carboxylic acids is 1. The zero-order valence-corrected chi connectivity index (χ0v) is 18.8. The van der Waals surface area contributed by atoms with Crippen LogP contribution >= 0.6 is 11.3 Å². The van der Waals surface area contributed by atoms with Crippen molar-refractivity contribution in [1.29, 1.82) is 0 Å². The van der Waals surface area contributed by atoms with E-state index in [4.69, 9.17) is 0 Å². The van der Waals surface area contributed by atoms with Crippen molar-refractivity contribution in [3.05, 3.63) is 105 Å². The fourth-order valence-corrected chi connectivity index (χ4v) is 4.43. The van der Waals surface area contributed by atoms with E-state index in [0.29, 0.717) is 17.9 Å². The molecule has 4 aromatic rings. The molecule has 2 aromatic heterocycles. The summed E-state index contributed by atoms with van der Waals surface area (Å²) in [5.41, 5.74) is 4.43. The maximum atomic E-state index is 12.8. The van der Waals surface area contributed by atoms with Gasteiger partial charge in [-0.05, 0) is 67.6 Å². The van der Waals surface area contributed by atoms with Crippen molar-refractivity contribution >= 4 is 17.2 Å². The van der Waals surface area contributed by atoms with Crippen LogP contribution in [0.4, 0.5) is 0 Å². The van der Waals surface area contributed by atoms with E-state index >= 15 is 0 Å². The second-order valence-electron chi connectivity index (χ2n) is 7.70. The monoisotopic (exact) mass is 443 g/mol. The van der Waals surface area contributed by atoms with E-state index in [0.717, 1.165) is 47.4 Å². The minimum atomic E-state index is -0.107. The zero-order chi connectivity index (χ0) is 22.3. The molecule has 0 saturated heterocycles. The maximum absolute atomic E-state index is 12.8. The van der Waals surface area contributed by atoms with Gasteiger partial charge in [-0.15, -0.1) is 0 Å². The van der Waals surface area contributed by atoms with Gasteiger partial charge in [0.2, 0.25) is 0 Å². The second kappa shape index (κ2) is 10.2. The molecule has 0 saturated carbocycles. The Labute approximate surface area is 191 Å². The van der Waals surface area contributed by atoms with Gasteiger partial charge in [-0.3, -0.25) is 14.2 Å². The van der Waals surface area contributed by atoms with Crippen molar-refractivity contribution in [3.8, 4) is 17.1 Å². The summed E-state index contributed by atoms with van der Waals surface area (Å²) in [6.45, 7) is 2.59. The number of aromatic nitrogens is 2. The summed E-state index contributed by atoms with van der Waals surface area (Å²) >= 11 is 1.13. The third kappa shape index (κ3) is 5.21. The lowest BCUT2D eigenvalue weighted by molar-refractivity contribution is 0.0953. The van der Waals surface area contributed by atoms with E-state index in [1.807, 2.05) is 60.8 Å². The fourth-order valence-electron chi connectivity index (χ4n) is 3.67. The van der Waals surface area contributed by atoms with E-state index in [9.17, 15) is 9.59 Å². The standard InChI is InChI=1S/C26H25N3O2S/c1-19-15-21(23-18-32-26(31)29(23)24-12-6-8-13-27-24)17-22(16-19)25(30)28-14-7-5-11-20-9-3-2-4-10-20/h2-4,6,8-10,12-13,15-18H,5,7,11,14H2,1H3,(H,28,30). The molecule has 0 aliphatic carbocycles. The number of thiazole rings is 1. The van der Waals surface area contributed by atoms with Crippen LogP contribution in [0.25, 0.3) is 17.1 Å². The van der Waals surface area contributed by atoms with Crippen LogP contribution < -0.4 is 10.2 Å². The van der Waals surface area contributed by atoms with Crippen molar-refractivity contribution in [3.63, 3.8) is 0 Å². The Bertz CT molecular complexity index is 1250. The van der Waals surface area contributed by atoms with Crippen molar-refractivity contribution in [2.45, 2.75) is 26.2 Å². The molecule has 0 radical (unpaired) electrons. The van der Waals surface area contributed by atoms with Crippen LogP contribution in [-0.4, -0.2) is 22.0 Å². The van der Waals surface area contributed by atoms with Gasteiger partial charge in [-0.2, -0.15) is 0 Å². The van der Waals surface area contributed by atoms with Gasteiger partial charge in [-0.25, -0.2) is 4.98 Å². The molecule has 0 atom stereocenters. The Balaban J connectivity index is 1.45. The molecule has 1 N–H and O–H groups in total. The Morgan fingerprint density at radius 2 is 1.84 bits per heavy atom. The predicted octanol–water partition coefficient (Wildman–Crippen LogP) is 5.02. The van der Waals surface area contributed by atoms with Gasteiger partial charge >= 0.3 is 4.87 Å². The molecular formula is C26H25N3O2S. The van der Waals surface area contributed by atoms with Gasteiger partial charge in [-0.1, -0.05) is 47.7 Å². The van der Waals surface area contributed by atoms with Gasteiger partial charge in [0, 0.05) is 29.2 Å². The zero-order valence-electron chi connectivity index (χ0n) is 18.0. The van der Waals surface area contributed by atoms with Crippen LogP contribution in [0.2, 0.25) is 0 Å². The van der Waals surface area contributed by atoms with Crippen LogP contribution in [0.15, 0.2) is 83.1 Å². The van der Waals surface area contributed by atoms with Crippen molar-refractivity contribution in [1.82, 2.24) is 14.9 Å². The summed E-state index contributed by atoms with van der Waals surface area (Å²) in [6, 6.07) is 21.5. The van der Waals surface area contributed by atoms with Gasteiger partial charge in [0.15, 0.2) is 0 Å². The highest BCUT2D eigenvalue weighted by molar-refractivity contribution is 7.07. The number of aryl methyl sites for hydroxylation is 2. The third-order valence-corrected chi connectivity index (χ3v) is 5.95. The first-order valence-corrected chi connectivity index (χ1v) is 11.6. The van der Waals surface area contributed by atoms with Gasteiger partial charge in [0.1, 0.15) is 5.82 Å². The number of amides is 1. The first-order valence-electron chi connectivity index (χ1n) is 10.7. The Morgan fingerprint density at radius 1 is 1.03 bits per heavy atom. The van der Waals surface area contributed by atoms with E-state index in [1.165, 1.54) is 5.56 Å². The van der Waals surface area contributed by atoms with Crippen LogP contribution in [-0.2, 0) is 6.42 Å².